The fraction of sp³-hybridized carbons (Fsp3) is 0.300. The van der Waals surface area contributed by atoms with E-state index in [1.54, 1.807) is 30.3 Å². The minimum Gasteiger partial charge on any atom is -0.495 e. The summed E-state index contributed by atoms with van der Waals surface area (Å²) in [4.78, 5) is 23.8. The fourth-order valence-electron chi connectivity index (χ4n) is 3.07. The molecule has 0 radical (unpaired) electrons. The third kappa shape index (κ3) is 5.50. The molecule has 0 saturated heterocycles. The van der Waals surface area contributed by atoms with Crippen molar-refractivity contribution in [2.45, 2.75) is 30.6 Å². The summed E-state index contributed by atoms with van der Waals surface area (Å²) in [5.41, 5.74) is 1.90. The summed E-state index contributed by atoms with van der Waals surface area (Å²) in [7, 11) is -2.29. The molecule has 2 aromatic rings. The van der Waals surface area contributed by atoms with Crippen LogP contribution in [0.25, 0.3) is 0 Å². The Morgan fingerprint density at radius 2 is 2.00 bits per heavy atom. The van der Waals surface area contributed by atoms with Crippen molar-refractivity contribution in [1.29, 1.82) is 0 Å². The number of rotatable bonds is 7. The molecule has 0 fully saturated rings. The van der Waals surface area contributed by atoms with Crippen molar-refractivity contribution >= 4 is 44.8 Å². The summed E-state index contributed by atoms with van der Waals surface area (Å²) in [6, 6.07) is 9.40. The molecule has 2 amide bonds. The Morgan fingerprint density at radius 1 is 1.20 bits per heavy atom. The van der Waals surface area contributed by atoms with Gasteiger partial charge in [0.05, 0.1) is 17.0 Å². The predicted molar refractivity (Wildman–Crippen MR) is 114 cm³/mol. The monoisotopic (exact) mass is 451 g/mol. The first kappa shape index (κ1) is 22.1. The van der Waals surface area contributed by atoms with Gasteiger partial charge in [-0.25, -0.2) is 13.1 Å². The average Bonchev–Trinajstić information content (AvgIpc) is 2.87. The van der Waals surface area contributed by atoms with Crippen molar-refractivity contribution in [3.8, 4) is 5.75 Å². The van der Waals surface area contributed by atoms with Gasteiger partial charge in [-0.05, 0) is 54.8 Å². The molecule has 10 heteroatoms. The lowest BCUT2D eigenvalue weighted by Crippen LogP contribution is -2.28. The molecule has 0 saturated carbocycles. The van der Waals surface area contributed by atoms with Crippen LogP contribution in [0, 0.1) is 0 Å². The number of fused-ring (bicyclic) bond motifs is 1. The molecule has 1 aliphatic rings. The number of carbonyl (C=O) groups is 2. The molecule has 0 bridgehead atoms. The molecule has 0 unspecified atom stereocenters. The number of nitrogens with one attached hydrogen (secondary N) is 3. The van der Waals surface area contributed by atoms with Crippen LogP contribution >= 0.6 is 11.6 Å². The number of benzene rings is 2. The maximum absolute atomic E-state index is 12.6. The highest BCUT2D eigenvalue weighted by Gasteiger charge is 2.19. The molecular formula is C20H22ClN3O5S. The SMILES string of the molecule is COc1ccc(NC(=O)CCNS(=O)(=O)c2ccc3c(c2)CCCC(=O)N3)cc1Cl. The molecule has 3 N–H and O–H groups in total. The van der Waals surface area contributed by atoms with Crippen LogP contribution in [0.4, 0.5) is 11.4 Å². The number of aryl methyl sites for hydroxylation is 1. The maximum Gasteiger partial charge on any atom is 0.240 e. The highest BCUT2D eigenvalue weighted by molar-refractivity contribution is 7.89. The van der Waals surface area contributed by atoms with E-state index in [1.807, 2.05) is 0 Å². The molecule has 0 spiro atoms. The second-order valence-corrected chi connectivity index (χ2v) is 8.94. The Hall–Kier alpha value is -2.62. The first-order valence-electron chi connectivity index (χ1n) is 9.34. The zero-order valence-electron chi connectivity index (χ0n) is 16.3. The molecule has 8 nitrogen and oxygen atoms in total. The number of anilines is 2. The zero-order valence-corrected chi connectivity index (χ0v) is 17.9. The summed E-state index contributed by atoms with van der Waals surface area (Å²) in [6.07, 6.45) is 1.63. The Labute approximate surface area is 180 Å². The molecule has 30 heavy (non-hydrogen) atoms. The first-order chi connectivity index (χ1) is 14.3. The van der Waals surface area contributed by atoms with Gasteiger partial charge in [0.15, 0.2) is 0 Å². The van der Waals surface area contributed by atoms with Gasteiger partial charge in [0, 0.05) is 30.8 Å². The number of sulfonamides is 1. The maximum atomic E-state index is 12.6. The van der Waals surface area contributed by atoms with E-state index in [2.05, 4.69) is 15.4 Å². The quantitative estimate of drug-likeness (QED) is 0.599. The highest BCUT2D eigenvalue weighted by atomic mass is 35.5. The van der Waals surface area contributed by atoms with E-state index in [0.29, 0.717) is 41.4 Å². The molecule has 0 aromatic heterocycles. The molecule has 1 heterocycles. The number of halogens is 1. The van der Waals surface area contributed by atoms with Gasteiger partial charge in [-0.2, -0.15) is 0 Å². The largest absolute Gasteiger partial charge is 0.495 e. The first-order valence-corrected chi connectivity index (χ1v) is 11.2. The Bertz CT molecular complexity index is 1070. The van der Waals surface area contributed by atoms with Crippen LogP contribution in [0.15, 0.2) is 41.3 Å². The van der Waals surface area contributed by atoms with Crippen LogP contribution in [0.5, 0.6) is 5.75 Å². The van der Waals surface area contributed by atoms with Crippen LogP contribution in [0.1, 0.15) is 24.8 Å². The number of amides is 2. The van der Waals surface area contributed by atoms with Crippen molar-refractivity contribution in [3.05, 3.63) is 47.0 Å². The summed E-state index contributed by atoms with van der Waals surface area (Å²) in [5.74, 6) is 0.0537. The number of carbonyl (C=O) groups excluding carboxylic acids is 2. The lowest BCUT2D eigenvalue weighted by atomic mass is 10.1. The normalized spacial score (nSPS) is 13.7. The van der Waals surface area contributed by atoms with Gasteiger partial charge in [-0.1, -0.05) is 11.6 Å². The molecule has 2 aromatic carbocycles. The predicted octanol–water partition coefficient (Wildman–Crippen LogP) is 2.93. The third-order valence-electron chi connectivity index (χ3n) is 4.59. The van der Waals surface area contributed by atoms with Crippen LogP contribution in [-0.4, -0.2) is 33.9 Å². The van der Waals surface area contributed by atoms with Crippen molar-refractivity contribution in [2.24, 2.45) is 0 Å². The van der Waals surface area contributed by atoms with E-state index >= 15 is 0 Å². The molecule has 3 rings (SSSR count). The Kier molecular flexibility index (Phi) is 6.96. The minimum atomic E-state index is -3.78. The van der Waals surface area contributed by atoms with Gasteiger partial charge in [0.1, 0.15) is 5.75 Å². The van der Waals surface area contributed by atoms with E-state index in [0.717, 1.165) is 5.56 Å². The highest BCUT2D eigenvalue weighted by Crippen LogP contribution is 2.27. The van der Waals surface area contributed by atoms with Crippen LogP contribution in [0.3, 0.4) is 0 Å². The zero-order chi connectivity index (χ0) is 21.7. The summed E-state index contributed by atoms with van der Waals surface area (Å²) >= 11 is 6.02. The Morgan fingerprint density at radius 3 is 2.73 bits per heavy atom. The lowest BCUT2D eigenvalue weighted by molar-refractivity contribution is -0.116. The van der Waals surface area contributed by atoms with Crippen LogP contribution in [0.2, 0.25) is 5.02 Å². The fourth-order valence-corrected chi connectivity index (χ4v) is 4.41. The third-order valence-corrected chi connectivity index (χ3v) is 6.34. The number of hydrogen-bond acceptors (Lipinski definition) is 5. The summed E-state index contributed by atoms with van der Waals surface area (Å²) < 4.78 is 32.6. The van der Waals surface area contributed by atoms with E-state index in [9.17, 15) is 18.0 Å². The molecule has 1 aliphatic heterocycles. The van der Waals surface area contributed by atoms with Crippen LogP contribution < -0.4 is 20.1 Å². The Balaban J connectivity index is 1.57. The van der Waals surface area contributed by atoms with E-state index in [4.69, 9.17) is 16.3 Å². The van der Waals surface area contributed by atoms with Gasteiger partial charge >= 0.3 is 0 Å². The van der Waals surface area contributed by atoms with Crippen LogP contribution in [-0.2, 0) is 26.0 Å². The van der Waals surface area contributed by atoms with Crippen molar-refractivity contribution in [3.63, 3.8) is 0 Å². The van der Waals surface area contributed by atoms with E-state index in [-0.39, 0.29) is 29.7 Å². The molecule has 0 atom stereocenters. The molecule has 160 valence electrons. The molecule has 0 aliphatic carbocycles. The smallest absolute Gasteiger partial charge is 0.240 e. The van der Waals surface area contributed by atoms with Gasteiger partial charge in [-0.15, -0.1) is 0 Å². The second kappa shape index (κ2) is 9.46. The van der Waals surface area contributed by atoms with Gasteiger partial charge < -0.3 is 15.4 Å². The number of hydrogen-bond donors (Lipinski definition) is 3. The van der Waals surface area contributed by atoms with Crippen molar-refractivity contribution in [1.82, 2.24) is 4.72 Å². The van der Waals surface area contributed by atoms with Gasteiger partial charge in [0.2, 0.25) is 21.8 Å². The minimum absolute atomic E-state index is 0.0517. The summed E-state index contributed by atoms with van der Waals surface area (Å²) in [5, 5.41) is 5.78. The van der Waals surface area contributed by atoms with Crippen molar-refractivity contribution < 1.29 is 22.7 Å². The standard InChI is InChI=1S/C20H22ClN3O5S/c1-29-18-8-5-14(12-16(18)21)23-20(26)9-10-22-30(27,28)15-6-7-17-13(11-15)3-2-4-19(25)24-17/h5-8,11-12,22H,2-4,9-10H2,1H3,(H,23,26)(H,24,25). The van der Waals surface area contributed by atoms with Crippen molar-refractivity contribution in [2.75, 3.05) is 24.3 Å². The van der Waals surface area contributed by atoms with E-state index in [1.165, 1.54) is 13.2 Å². The lowest BCUT2D eigenvalue weighted by Gasteiger charge is -2.11. The topological polar surface area (TPSA) is 114 Å². The van der Waals surface area contributed by atoms with Gasteiger partial charge in [-0.3, -0.25) is 9.59 Å². The number of methoxy groups -OCH3 is 1. The average molecular weight is 452 g/mol. The van der Waals surface area contributed by atoms with Gasteiger partial charge in [0.25, 0.3) is 0 Å². The molecular weight excluding hydrogens is 430 g/mol. The van der Waals surface area contributed by atoms with E-state index < -0.39 is 10.0 Å². The number of ether oxygens (including phenoxy) is 1. The second-order valence-electron chi connectivity index (χ2n) is 6.77. The summed E-state index contributed by atoms with van der Waals surface area (Å²) in [6.45, 7) is -0.0636.